The first-order chi connectivity index (χ1) is 28.5. The van der Waals surface area contributed by atoms with Gasteiger partial charge in [-0.1, -0.05) is 147 Å². The SMILES string of the molecule is CC1(C)c2ccccc2-c2cc3c4cc5c6ccccc6c6ccccc6c5cc4n(-c4ccc(-c5nc(-c6ccccc6)cc(-c6ccccc6)n5)cc4)c3cc21. The number of aromatic nitrogens is 3. The quantitative estimate of drug-likeness (QED) is 0.168. The molecule has 3 nitrogen and oxygen atoms in total. The molecule has 2 heterocycles. The third kappa shape index (κ3) is 4.80. The number of benzene rings is 9. The molecule has 12 rings (SSSR count). The van der Waals surface area contributed by atoms with Crippen molar-refractivity contribution in [3.05, 3.63) is 199 Å². The van der Waals surface area contributed by atoms with E-state index in [2.05, 4.69) is 194 Å². The third-order valence-electron chi connectivity index (χ3n) is 12.6. The van der Waals surface area contributed by atoms with Gasteiger partial charge >= 0.3 is 0 Å². The molecule has 0 aliphatic heterocycles. The van der Waals surface area contributed by atoms with E-state index in [9.17, 15) is 0 Å². The molecule has 3 heteroatoms. The van der Waals surface area contributed by atoms with Crippen LogP contribution in [-0.2, 0) is 5.41 Å². The van der Waals surface area contributed by atoms with Crippen molar-refractivity contribution in [2.75, 3.05) is 0 Å². The lowest BCUT2D eigenvalue weighted by atomic mass is 9.82. The fraction of sp³-hybridized carbons (Fsp3) is 0.0545. The summed E-state index contributed by atoms with van der Waals surface area (Å²) < 4.78 is 2.48. The van der Waals surface area contributed by atoms with E-state index in [1.807, 2.05) is 12.1 Å². The Kier molecular flexibility index (Phi) is 6.98. The Morgan fingerprint density at radius 3 is 1.48 bits per heavy atom. The number of hydrogen-bond donors (Lipinski definition) is 0. The van der Waals surface area contributed by atoms with E-state index >= 15 is 0 Å². The van der Waals surface area contributed by atoms with Crippen LogP contribution in [0.4, 0.5) is 0 Å². The van der Waals surface area contributed by atoms with Gasteiger partial charge < -0.3 is 4.57 Å². The van der Waals surface area contributed by atoms with Crippen molar-refractivity contribution in [1.29, 1.82) is 0 Å². The molecule has 58 heavy (non-hydrogen) atoms. The minimum atomic E-state index is -0.125. The largest absolute Gasteiger partial charge is 0.309 e. The van der Waals surface area contributed by atoms with Crippen molar-refractivity contribution in [3.8, 4) is 50.7 Å². The van der Waals surface area contributed by atoms with E-state index in [1.165, 1.54) is 76.4 Å². The molecule has 0 amide bonds. The van der Waals surface area contributed by atoms with Crippen LogP contribution in [-0.4, -0.2) is 14.5 Å². The number of nitrogens with zero attached hydrogens (tertiary/aromatic N) is 3. The minimum absolute atomic E-state index is 0.125. The summed E-state index contributed by atoms with van der Waals surface area (Å²) in [6.07, 6.45) is 0. The molecule has 0 N–H and O–H groups in total. The van der Waals surface area contributed by atoms with Gasteiger partial charge in [-0.25, -0.2) is 9.97 Å². The number of hydrogen-bond acceptors (Lipinski definition) is 2. The van der Waals surface area contributed by atoms with Crippen LogP contribution in [0, 0.1) is 0 Å². The van der Waals surface area contributed by atoms with Gasteiger partial charge in [-0.3, -0.25) is 0 Å². The Labute approximate surface area is 336 Å². The molecule has 0 saturated carbocycles. The maximum absolute atomic E-state index is 5.14. The van der Waals surface area contributed by atoms with Crippen molar-refractivity contribution in [3.63, 3.8) is 0 Å². The topological polar surface area (TPSA) is 30.7 Å². The van der Waals surface area contributed by atoms with E-state index in [0.717, 1.165) is 33.8 Å². The van der Waals surface area contributed by atoms with Crippen molar-refractivity contribution in [1.82, 2.24) is 14.5 Å². The summed E-state index contributed by atoms with van der Waals surface area (Å²) in [4.78, 5) is 10.3. The fourth-order valence-corrected chi connectivity index (χ4v) is 9.73. The molecule has 0 saturated heterocycles. The van der Waals surface area contributed by atoms with Crippen LogP contribution in [0.1, 0.15) is 25.0 Å². The average Bonchev–Trinajstić information content (AvgIpc) is 3.72. The van der Waals surface area contributed by atoms with Gasteiger partial charge in [0.2, 0.25) is 0 Å². The van der Waals surface area contributed by atoms with Gasteiger partial charge in [-0.2, -0.15) is 0 Å². The third-order valence-corrected chi connectivity index (χ3v) is 12.6. The highest BCUT2D eigenvalue weighted by molar-refractivity contribution is 6.29. The van der Waals surface area contributed by atoms with Gasteiger partial charge in [0, 0.05) is 38.6 Å². The van der Waals surface area contributed by atoms with E-state index in [-0.39, 0.29) is 5.41 Å². The molecule has 9 aromatic carbocycles. The zero-order valence-electron chi connectivity index (χ0n) is 32.2. The molecule has 0 atom stereocenters. The van der Waals surface area contributed by atoms with Crippen LogP contribution >= 0.6 is 0 Å². The van der Waals surface area contributed by atoms with Crippen molar-refractivity contribution < 1.29 is 0 Å². The average molecular weight is 740 g/mol. The zero-order chi connectivity index (χ0) is 38.5. The van der Waals surface area contributed by atoms with E-state index in [1.54, 1.807) is 0 Å². The summed E-state index contributed by atoms with van der Waals surface area (Å²) in [6.45, 7) is 4.73. The lowest BCUT2D eigenvalue weighted by molar-refractivity contribution is 0.661. The molecule has 0 unspecified atom stereocenters. The lowest BCUT2D eigenvalue weighted by Gasteiger charge is -2.21. The maximum Gasteiger partial charge on any atom is 0.160 e. The standard InChI is InChI=1S/C55H37N3/c1-55(2)48-24-14-13-23-42(48)45-30-47-46-29-43-40-21-11-9-19-38(40)39-20-10-12-22-41(39)44(43)31-52(46)58(53(47)32-49(45)55)37-27-25-36(26-28-37)54-56-50(34-15-5-3-6-16-34)33-51(57-54)35-17-7-4-8-18-35/h3-33H,1-2H3. The van der Waals surface area contributed by atoms with E-state index in [0.29, 0.717) is 5.82 Å². The van der Waals surface area contributed by atoms with Gasteiger partial charge in [0.05, 0.1) is 22.4 Å². The Morgan fingerprint density at radius 1 is 0.362 bits per heavy atom. The second-order valence-corrected chi connectivity index (χ2v) is 16.2. The molecule has 0 bridgehead atoms. The maximum atomic E-state index is 5.14. The van der Waals surface area contributed by atoms with E-state index < -0.39 is 0 Å². The van der Waals surface area contributed by atoms with Crippen LogP contribution in [0.2, 0.25) is 0 Å². The first kappa shape index (κ1) is 32.8. The second kappa shape index (κ2) is 12.3. The van der Waals surface area contributed by atoms with Gasteiger partial charge in [-0.15, -0.1) is 0 Å². The summed E-state index contributed by atoms with van der Waals surface area (Å²) >= 11 is 0. The van der Waals surface area contributed by atoms with Crippen molar-refractivity contribution in [2.24, 2.45) is 0 Å². The Bertz CT molecular complexity index is 3390. The summed E-state index contributed by atoms with van der Waals surface area (Å²) in [5.74, 6) is 0.704. The molecular weight excluding hydrogens is 703 g/mol. The fourth-order valence-electron chi connectivity index (χ4n) is 9.73. The van der Waals surface area contributed by atoms with Crippen LogP contribution in [0.15, 0.2) is 188 Å². The minimum Gasteiger partial charge on any atom is -0.309 e. The van der Waals surface area contributed by atoms with Crippen molar-refractivity contribution >= 4 is 54.1 Å². The Morgan fingerprint density at radius 2 is 0.862 bits per heavy atom. The second-order valence-electron chi connectivity index (χ2n) is 16.2. The molecule has 0 radical (unpaired) electrons. The molecule has 0 fully saturated rings. The Balaban J connectivity index is 1.12. The monoisotopic (exact) mass is 739 g/mol. The number of rotatable bonds is 4. The zero-order valence-corrected chi connectivity index (χ0v) is 32.2. The molecular formula is C55H37N3. The molecule has 11 aromatic rings. The molecule has 0 spiro atoms. The first-order valence-electron chi connectivity index (χ1n) is 20.1. The van der Waals surface area contributed by atoms with Gasteiger partial charge in [0.15, 0.2) is 5.82 Å². The summed E-state index contributed by atoms with van der Waals surface area (Å²) in [7, 11) is 0. The van der Waals surface area contributed by atoms with Crippen LogP contribution in [0.5, 0.6) is 0 Å². The Hall–Kier alpha value is -7.36. The molecule has 272 valence electrons. The smallest absolute Gasteiger partial charge is 0.160 e. The highest BCUT2D eigenvalue weighted by Crippen LogP contribution is 2.51. The van der Waals surface area contributed by atoms with Gasteiger partial charge in [0.1, 0.15) is 0 Å². The normalized spacial score (nSPS) is 13.1. The summed E-state index contributed by atoms with van der Waals surface area (Å²) in [5, 5.41) is 10.2. The summed E-state index contributed by atoms with van der Waals surface area (Å²) in [6, 6.07) is 68.2. The molecule has 2 aromatic heterocycles. The lowest BCUT2D eigenvalue weighted by Crippen LogP contribution is -2.14. The molecule has 1 aliphatic carbocycles. The van der Waals surface area contributed by atoms with E-state index in [4.69, 9.17) is 9.97 Å². The van der Waals surface area contributed by atoms with Crippen molar-refractivity contribution in [2.45, 2.75) is 19.3 Å². The van der Waals surface area contributed by atoms with Crippen LogP contribution in [0.3, 0.4) is 0 Å². The highest BCUT2D eigenvalue weighted by Gasteiger charge is 2.36. The first-order valence-corrected chi connectivity index (χ1v) is 20.1. The van der Waals surface area contributed by atoms with Crippen LogP contribution < -0.4 is 0 Å². The van der Waals surface area contributed by atoms with Gasteiger partial charge in [-0.05, 0) is 109 Å². The number of fused-ring (bicyclic) bond motifs is 12. The molecule has 1 aliphatic rings. The van der Waals surface area contributed by atoms with Gasteiger partial charge in [0.25, 0.3) is 0 Å². The summed E-state index contributed by atoms with van der Waals surface area (Å²) in [5.41, 5.74) is 13.7. The van der Waals surface area contributed by atoms with Crippen LogP contribution in [0.25, 0.3) is 105 Å². The predicted molar refractivity (Wildman–Crippen MR) is 243 cm³/mol. The highest BCUT2D eigenvalue weighted by atomic mass is 15.0. The predicted octanol–water partition coefficient (Wildman–Crippen LogP) is 14.3.